The fraction of sp³-hybridized carbons (Fsp3) is 0.200. The van der Waals surface area contributed by atoms with Crippen molar-refractivity contribution in [3.63, 3.8) is 0 Å². The van der Waals surface area contributed by atoms with E-state index in [-0.39, 0.29) is 18.1 Å². The van der Waals surface area contributed by atoms with Crippen LogP contribution in [0.4, 0.5) is 4.39 Å². The predicted octanol–water partition coefficient (Wildman–Crippen LogP) is 2.60. The first-order valence-electron chi connectivity index (χ1n) is 6.14. The Bertz CT molecular complexity index is 631. The second kappa shape index (κ2) is 6.63. The first-order chi connectivity index (χ1) is 9.63. The number of methoxy groups -OCH3 is 1. The molecule has 1 unspecified atom stereocenters. The Hall–Kier alpha value is -1.72. The monoisotopic (exact) mass is 293 g/mol. The number of hydrogen-bond donors (Lipinski definition) is 1. The molecule has 0 saturated carbocycles. The van der Waals surface area contributed by atoms with Gasteiger partial charge >= 0.3 is 0 Å². The van der Waals surface area contributed by atoms with Crippen LogP contribution in [0.1, 0.15) is 11.1 Å². The highest BCUT2D eigenvalue weighted by Crippen LogP contribution is 2.20. The van der Waals surface area contributed by atoms with Crippen LogP contribution in [0.3, 0.4) is 0 Å². The third-order valence-corrected chi connectivity index (χ3v) is 4.30. The van der Waals surface area contributed by atoms with Crippen LogP contribution in [-0.4, -0.2) is 11.3 Å². The van der Waals surface area contributed by atoms with Crippen LogP contribution < -0.4 is 10.5 Å². The molecule has 3 nitrogen and oxygen atoms in total. The Kier molecular flexibility index (Phi) is 4.87. The fourth-order valence-electron chi connectivity index (χ4n) is 1.80. The van der Waals surface area contributed by atoms with Gasteiger partial charge in [0, 0.05) is 17.0 Å². The average Bonchev–Trinajstić information content (AvgIpc) is 2.49. The molecule has 2 aromatic carbocycles. The summed E-state index contributed by atoms with van der Waals surface area (Å²) in [4.78, 5) is 0.617. The van der Waals surface area contributed by atoms with Crippen molar-refractivity contribution in [1.29, 1.82) is 0 Å². The highest BCUT2D eigenvalue weighted by Gasteiger charge is 2.10. The standard InChI is InChI=1S/C15H16FNO2S/c1-19-13-3-2-4-14(8-13)20(18)10-12-6-5-11(9-17)7-15(12)16/h2-8H,9-10,17H2,1H3. The molecule has 2 rings (SSSR count). The Labute approximate surface area is 120 Å². The first-order valence-corrected chi connectivity index (χ1v) is 7.45. The van der Waals surface area contributed by atoms with Crippen molar-refractivity contribution < 1.29 is 13.3 Å². The van der Waals surface area contributed by atoms with Crippen molar-refractivity contribution in [3.8, 4) is 5.75 Å². The van der Waals surface area contributed by atoms with Gasteiger partial charge in [0.25, 0.3) is 0 Å². The maximum Gasteiger partial charge on any atom is 0.127 e. The SMILES string of the molecule is COc1cccc(S(=O)Cc2ccc(CN)cc2F)c1. The lowest BCUT2D eigenvalue weighted by Crippen LogP contribution is -2.02. The number of halogens is 1. The summed E-state index contributed by atoms with van der Waals surface area (Å²) in [6.45, 7) is 0.288. The highest BCUT2D eigenvalue weighted by molar-refractivity contribution is 7.84. The van der Waals surface area contributed by atoms with Crippen LogP contribution in [0.25, 0.3) is 0 Å². The molecule has 0 radical (unpaired) electrons. The summed E-state index contributed by atoms with van der Waals surface area (Å²) in [5.41, 5.74) is 6.59. The van der Waals surface area contributed by atoms with Crippen LogP contribution in [0.15, 0.2) is 47.4 Å². The van der Waals surface area contributed by atoms with Crippen LogP contribution in [0.2, 0.25) is 0 Å². The fourth-order valence-corrected chi connectivity index (χ4v) is 2.96. The van der Waals surface area contributed by atoms with Gasteiger partial charge in [-0.05, 0) is 29.8 Å². The van der Waals surface area contributed by atoms with E-state index < -0.39 is 10.8 Å². The van der Waals surface area contributed by atoms with Gasteiger partial charge in [0.1, 0.15) is 11.6 Å². The zero-order valence-corrected chi connectivity index (χ0v) is 12.0. The van der Waals surface area contributed by atoms with Gasteiger partial charge in [0.15, 0.2) is 0 Å². The molecule has 0 saturated heterocycles. The van der Waals surface area contributed by atoms with Gasteiger partial charge in [-0.3, -0.25) is 4.21 Å². The normalized spacial score (nSPS) is 12.2. The summed E-state index contributed by atoms with van der Waals surface area (Å²) >= 11 is 0. The molecule has 2 aromatic rings. The molecule has 0 bridgehead atoms. The molecule has 0 amide bonds. The van der Waals surface area contributed by atoms with Crippen molar-refractivity contribution in [1.82, 2.24) is 0 Å². The van der Waals surface area contributed by atoms with E-state index in [1.807, 2.05) is 0 Å². The molecule has 0 aromatic heterocycles. The molecule has 1 atom stereocenters. The lowest BCUT2D eigenvalue weighted by atomic mass is 10.1. The lowest BCUT2D eigenvalue weighted by molar-refractivity contribution is 0.413. The Morgan fingerprint density at radius 1 is 1.25 bits per heavy atom. The van der Waals surface area contributed by atoms with Gasteiger partial charge < -0.3 is 10.5 Å². The molecule has 0 spiro atoms. The predicted molar refractivity (Wildman–Crippen MR) is 77.4 cm³/mol. The van der Waals surface area contributed by atoms with E-state index in [0.29, 0.717) is 16.2 Å². The molecule has 0 aliphatic carbocycles. The van der Waals surface area contributed by atoms with E-state index in [2.05, 4.69) is 0 Å². The van der Waals surface area contributed by atoms with Crippen molar-refractivity contribution >= 4 is 10.8 Å². The van der Waals surface area contributed by atoms with Crippen LogP contribution in [0.5, 0.6) is 5.75 Å². The van der Waals surface area contributed by atoms with Crippen molar-refractivity contribution in [2.75, 3.05) is 7.11 Å². The van der Waals surface area contributed by atoms with Gasteiger partial charge in [-0.1, -0.05) is 18.2 Å². The second-order valence-corrected chi connectivity index (χ2v) is 5.75. The van der Waals surface area contributed by atoms with Crippen LogP contribution >= 0.6 is 0 Å². The summed E-state index contributed by atoms with van der Waals surface area (Å²) in [6.07, 6.45) is 0. The number of hydrogen-bond acceptors (Lipinski definition) is 3. The minimum atomic E-state index is -1.32. The Balaban J connectivity index is 2.18. The number of rotatable bonds is 5. The molecule has 2 N–H and O–H groups in total. The quantitative estimate of drug-likeness (QED) is 0.922. The third-order valence-electron chi connectivity index (χ3n) is 2.94. The summed E-state index contributed by atoms with van der Waals surface area (Å²) in [5.74, 6) is 0.392. The maximum atomic E-state index is 13.8. The van der Waals surface area contributed by atoms with E-state index >= 15 is 0 Å². The molecular formula is C15H16FNO2S. The molecular weight excluding hydrogens is 277 g/mol. The van der Waals surface area contributed by atoms with Crippen molar-refractivity contribution in [3.05, 3.63) is 59.4 Å². The second-order valence-electron chi connectivity index (χ2n) is 4.30. The molecule has 0 aliphatic heterocycles. The molecule has 20 heavy (non-hydrogen) atoms. The topological polar surface area (TPSA) is 52.3 Å². The number of ether oxygens (including phenoxy) is 1. The minimum Gasteiger partial charge on any atom is -0.497 e. The molecule has 0 fully saturated rings. The summed E-state index contributed by atoms with van der Waals surface area (Å²) in [7, 11) is 0.232. The Morgan fingerprint density at radius 2 is 2.05 bits per heavy atom. The van der Waals surface area contributed by atoms with E-state index in [9.17, 15) is 8.60 Å². The molecule has 106 valence electrons. The van der Waals surface area contributed by atoms with Gasteiger partial charge in [-0.25, -0.2) is 4.39 Å². The van der Waals surface area contributed by atoms with Crippen LogP contribution in [-0.2, 0) is 23.1 Å². The van der Waals surface area contributed by atoms with E-state index in [1.165, 1.54) is 6.07 Å². The van der Waals surface area contributed by atoms with Gasteiger partial charge in [-0.15, -0.1) is 0 Å². The third kappa shape index (κ3) is 3.43. The van der Waals surface area contributed by atoms with Crippen LogP contribution in [0, 0.1) is 5.82 Å². The first kappa shape index (κ1) is 14.7. The van der Waals surface area contributed by atoms with Crippen molar-refractivity contribution in [2.24, 2.45) is 5.73 Å². The highest BCUT2D eigenvalue weighted by atomic mass is 32.2. The zero-order valence-electron chi connectivity index (χ0n) is 11.1. The summed E-state index contributed by atoms with van der Waals surface area (Å²) < 4.78 is 31.2. The van der Waals surface area contributed by atoms with E-state index in [1.54, 1.807) is 43.5 Å². The lowest BCUT2D eigenvalue weighted by Gasteiger charge is -2.07. The van der Waals surface area contributed by atoms with Gasteiger partial charge in [-0.2, -0.15) is 0 Å². The molecule has 0 aliphatic rings. The Morgan fingerprint density at radius 3 is 2.70 bits per heavy atom. The maximum absolute atomic E-state index is 13.8. The number of benzene rings is 2. The van der Waals surface area contributed by atoms with E-state index in [0.717, 1.165) is 5.56 Å². The van der Waals surface area contributed by atoms with Crippen molar-refractivity contribution in [2.45, 2.75) is 17.2 Å². The number of nitrogens with two attached hydrogens (primary N) is 1. The largest absolute Gasteiger partial charge is 0.497 e. The van der Waals surface area contributed by atoms with E-state index in [4.69, 9.17) is 10.5 Å². The van der Waals surface area contributed by atoms with Gasteiger partial charge in [0.05, 0.1) is 23.7 Å². The smallest absolute Gasteiger partial charge is 0.127 e. The summed E-state index contributed by atoms with van der Waals surface area (Å²) in [5, 5.41) is 0. The zero-order chi connectivity index (χ0) is 14.5. The molecule has 5 heteroatoms. The van der Waals surface area contributed by atoms with Gasteiger partial charge in [0.2, 0.25) is 0 Å². The average molecular weight is 293 g/mol. The molecule has 0 heterocycles. The minimum absolute atomic E-state index is 0.129. The summed E-state index contributed by atoms with van der Waals surface area (Å²) in [6, 6.07) is 11.7.